The van der Waals surface area contributed by atoms with Gasteiger partial charge in [0.2, 0.25) is 0 Å². The average Bonchev–Trinajstić information content (AvgIpc) is 2.46. The van der Waals surface area contributed by atoms with E-state index in [2.05, 4.69) is 57.8 Å². The molecule has 0 saturated carbocycles. The Bertz CT molecular complexity index is 742. The van der Waals surface area contributed by atoms with Crippen LogP contribution in [-0.4, -0.2) is 26.9 Å². The van der Waals surface area contributed by atoms with Gasteiger partial charge in [-0.3, -0.25) is 19.6 Å². The number of nitrogens with zero attached hydrogens (tertiary/aromatic N) is 2. The number of rotatable bonds is 3. The predicted molar refractivity (Wildman–Crippen MR) is 102 cm³/mol. The van der Waals surface area contributed by atoms with Gasteiger partial charge in [-0.1, -0.05) is 39.1 Å². The molecular formula is C14H9Br3Cl2N2O2. The first kappa shape index (κ1) is 20.7. The molecule has 0 fully saturated rings. The molecule has 0 amide bonds. The first-order valence-corrected chi connectivity index (χ1v) is 9.44. The molecule has 0 aromatic carbocycles. The summed E-state index contributed by atoms with van der Waals surface area (Å²) in [5.41, 5.74) is 0.617. The summed E-state index contributed by atoms with van der Waals surface area (Å²) in [6.45, 7) is 1.43. The van der Waals surface area contributed by atoms with Gasteiger partial charge in [-0.05, 0) is 44.0 Å². The number of aromatic nitrogens is 2. The molecule has 0 aliphatic rings. The second-order valence-electron chi connectivity index (χ2n) is 4.08. The maximum absolute atomic E-state index is 11.1. The molecule has 0 saturated heterocycles. The molecule has 0 aliphatic carbocycles. The minimum atomic E-state index is -0.123. The van der Waals surface area contributed by atoms with Gasteiger partial charge in [-0.15, -0.1) is 0 Å². The van der Waals surface area contributed by atoms with E-state index in [-0.39, 0.29) is 16.9 Å². The number of alkyl halides is 1. The Hall–Kier alpha value is -0.340. The monoisotopic (exact) mass is 544 g/mol. The highest BCUT2D eigenvalue weighted by Crippen LogP contribution is 2.20. The summed E-state index contributed by atoms with van der Waals surface area (Å²) in [6, 6.07) is 3.29. The highest BCUT2D eigenvalue weighted by molar-refractivity contribution is 9.10. The molecule has 0 aliphatic heterocycles. The largest absolute Gasteiger partial charge is 0.293 e. The van der Waals surface area contributed by atoms with E-state index in [0.29, 0.717) is 21.4 Å². The van der Waals surface area contributed by atoms with Gasteiger partial charge in [0.1, 0.15) is 11.4 Å². The van der Waals surface area contributed by atoms with Crippen LogP contribution in [0.25, 0.3) is 0 Å². The third kappa shape index (κ3) is 6.58. The van der Waals surface area contributed by atoms with E-state index < -0.39 is 0 Å². The number of hydrogen-bond acceptors (Lipinski definition) is 4. The van der Waals surface area contributed by atoms with Crippen LogP contribution in [0.5, 0.6) is 0 Å². The van der Waals surface area contributed by atoms with Crippen LogP contribution in [0.15, 0.2) is 33.5 Å². The Balaban J connectivity index is 0.000000231. The summed E-state index contributed by atoms with van der Waals surface area (Å²) >= 11 is 20.9. The van der Waals surface area contributed by atoms with Crippen molar-refractivity contribution in [2.45, 2.75) is 6.92 Å². The van der Waals surface area contributed by atoms with E-state index in [1.165, 1.54) is 6.92 Å². The van der Waals surface area contributed by atoms with Crippen LogP contribution < -0.4 is 0 Å². The Morgan fingerprint density at radius 3 is 1.78 bits per heavy atom. The summed E-state index contributed by atoms with van der Waals surface area (Å²) in [7, 11) is 0. The highest BCUT2D eigenvalue weighted by Gasteiger charge is 2.10. The van der Waals surface area contributed by atoms with Gasteiger partial charge in [0.05, 0.1) is 15.4 Å². The lowest BCUT2D eigenvalue weighted by Gasteiger charge is -1.99. The topological polar surface area (TPSA) is 59.9 Å². The quantitative estimate of drug-likeness (QED) is 0.361. The van der Waals surface area contributed by atoms with E-state index in [0.717, 1.165) is 8.95 Å². The highest BCUT2D eigenvalue weighted by atomic mass is 79.9. The summed E-state index contributed by atoms with van der Waals surface area (Å²) in [4.78, 5) is 29.7. The molecule has 9 heteroatoms. The van der Waals surface area contributed by atoms with Crippen molar-refractivity contribution in [3.05, 3.63) is 54.9 Å². The molecule has 2 rings (SSSR count). The van der Waals surface area contributed by atoms with Crippen molar-refractivity contribution in [1.82, 2.24) is 9.97 Å². The van der Waals surface area contributed by atoms with Gasteiger partial charge < -0.3 is 0 Å². The molecular weight excluding hydrogens is 539 g/mol. The van der Waals surface area contributed by atoms with Crippen LogP contribution >= 0.6 is 71.0 Å². The molecule has 0 N–H and O–H groups in total. The van der Waals surface area contributed by atoms with Gasteiger partial charge in [-0.25, -0.2) is 0 Å². The molecule has 2 aromatic heterocycles. The zero-order chi connectivity index (χ0) is 17.6. The fraction of sp³-hybridized carbons (Fsp3) is 0.143. The first-order valence-electron chi connectivity index (χ1n) is 5.98. The van der Waals surface area contributed by atoms with E-state index in [1.54, 1.807) is 24.5 Å². The summed E-state index contributed by atoms with van der Waals surface area (Å²) in [6.07, 6.45) is 3.09. The molecule has 0 radical (unpaired) electrons. The molecule has 0 spiro atoms. The molecule has 0 atom stereocenters. The van der Waals surface area contributed by atoms with Crippen molar-refractivity contribution in [2.75, 3.05) is 5.33 Å². The molecule has 122 valence electrons. The van der Waals surface area contributed by atoms with Crippen LogP contribution in [0.2, 0.25) is 10.0 Å². The lowest BCUT2D eigenvalue weighted by Crippen LogP contribution is -2.03. The number of carbonyl (C=O) groups excluding carboxylic acids is 2. The standard InChI is InChI=1S/C7H4Br2ClNO.C7H5BrClNO/c8-2-6(12)7-5(10)1-4(9)3-11-7;1-4(11)7-6(9)2-5(8)3-10-7/h1,3H,2H2;2-3H,1H3. The van der Waals surface area contributed by atoms with Crippen LogP contribution in [0.1, 0.15) is 27.9 Å². The van der Waals surface area contributed by atoms with Crippen LogP contribution in [0.4, 0.5) is 0 Å². The summed E-state index contributed by atoms with van der Waals surface area (Å²) in [5.74, 6) is -0.241. The normalized spacial score (nSPS) is 9.83. The number of pyridine rings is 2. The van der Waals surface area contributed by atoms with Crippen molar-refractivity contribution in [1.29, 1.82) is 0 Å². The number of ketones is 2. The van der Waals surface area contributed by atoms with Crippen molar-refractivity contribution in [2.24, 2.45) is 0 Å². The van der Waals surface area contributed by atoms with Gasteiger partial charge >= 0.3 is 0 Å². The third-order valence-corrected chi connectivity index (χ3v) is 4.29. The molecule has 4 nitrogen and oxygen atoms in total. The molecule has 2 aromatic rings. The fourth-order valence-electron chi connectivity index (χ4n) is 1.36. The van der Waals surface area contributed by atoms with Crippen LogP contribution in [0.3, 0.4) is 0 Å². The van der Waals surface area contributed by atoms with Gasteiger partial charge in [0.15, 0.2) is 11.6 Å². The number of hydrogen-bond donors (Lipinski definition) is 0. The van der Waals surface area contributed by atoms with Gasteiger partial charge in [-0.2, -0.15) is 0 Å². The van der Waals surface area contributed by atoms with E-state index >= 15 is 0 Å². The zero-order valence-electron chi connectivity index (χ0n) is 11.6. The van der Waals surface area contributed by atoms with Crippen molar-refractivity contribution < 1.29 is 9.59 Å². The Kier molecular flexibility index (Phi) is 8.85. The molecule has 0 unspecified atom stereocenters. The van der Waals surface area contributed by atoms with E-state index in [4.69, 9.17) is 23.2 Å². The predicted octanol–water partition coefficient (Wildman–Crippen LogP) is 5.78. The van der Waals surface area contributed by atoms with Gasteiger partial charge in [0, 0.05) is 28.3 Å². The second kappa shape index (κ2) is 9.84. The minimum Gasteiger partial charge on any atom is -0.293 e. The van der Waals surface area contributed by atoms with E-state index in [9.17, 15) is 9.59 Å². The molecule has 2 heterocycles. The minimum absolute atomic E-state index is 0.118. The van der Waals surface area contributed by atoms with E-state index in [1.807, 2.05) is 0 Å². The van der Waals surface area contributed by atoms with Crippen LogP contribution in [-0.2, 0) is 0 Å². The number of Topliss-reactive ketones (excluding diaryl/α,β-unsaturated/α-hetero) is 2. The second-order valence-corrected chi connectivity index (χ2v) is 7.29. The maximum atomic E-state index is 11.1. The first-order chi connectivity index (χ1) is 10.8. The fourth-order valence-corrected chi connectivity index (χ4v) is 3.12. The number of halogens is 5. The van der Waals surface area contributed by atoms with Crippen molar-refractivity contribution in [3.63, 3.8) is 0 Å². The SMILES string of the molecule is CC(=O)c1ncc(Br)cc1Cl.O=C(CBr)c1ncc(Br)cc1Cl. The molecule has 0 bridgehead atoms. The van der Waals surface area contributed by atoms with Crippen LogP contribution in [0, 0.1) is 0 Å². The summed E-state index contributed by atoms with van der Waals surface area (Å²) in [5, 5.41) is 0.988. The van der Waals surface area contributed by atoms with Gasteiger partial charge in [0.25, 0.3) is 0 Å². The number of carbonyl (C=O) groups is 2. The Morgan fingerprint density at radius 1 is 1.00 bits per heavy atom. The summed E-state index contributed by atoms with van der Waals surface area (Å²) < 4.78 is 1.53. The average molecular weight is 548 g/mol. The maximum Gasteiger partial charge on any atom is 0.193 e. The Labute approximate surface area is 168 Å². The van der Waals surface area contributed by atoms with Crippen molar-refractivity contribution in [3.8, 4) is 0 Å². The zero-order valence-corrected chi connectivity index (χ0v) is 17.9. The lowest BCUT2D eigenvalue weighted by molar-refractivity contribution is 0.100. The smallest absolute Gasteiger partial charge is 0.193 e. The third-order valence-electron chi connectivity index (χ3n) is 2.33. The Morgan fingerprint density at radius 2 is 1.43 bits per heavy atom. The van der Waals surface area contributed by atoms with Crippen molar-refractivity contribution >= 4 is 82.6 Å². The molecule has 23 heavy (non-hydrogen) atoms. The lowest BCUT2D eigenvalue weighted by atomic mass is 10.3.